The molecular formula is C15H14N2O3S. The Hall–Kier alpha value is -2.21. The summed E-state index contributed by atoms with van der Waals surface area (Å²) in [6, 6.07) is 9.65. The number of carbonyl (C=O) groups is 1. The standard InChI is InChI=1S/C15H14N2O3S/c1-10-4-2-6-12-14(10)17(8-11-5-3-7-20-11)15(16-12)21-9-13(18)19/h2-7H,8-9H2,1H3,(H,18,19). The van der Waals surface area contributed by atoms with Gasteiger partial charge in [-0.3, -0.25) is 4.79 Å². The number of imidazole rings is 1. The predicted molar refractivity (Wildman–Crippen MR) is 80.6 cm³/mol. The van der Waals surface area contributed by atoms with Crippen molar-refractivity contribution < 1.29 is 14.3 Å². The number of carboxylic acid groups (broad SMARTS) is 1. The van der Waals surface area contributed by atoms with E-state index in [0.29, 0.717) is 11.7 Å². The van der Waals surface area contributed by atoms with Crippen LogP contribution in [0, 0.1) is 6.92 Å². The fourth-order valence-corrected chi connectivity index (χ4v) is 3.01. The Morgan fingerprint density at radius 3 is 2.95 bits per heavy atom. The highest BCUT2D eigenvalue weighted by Crippen LogP contribution is 2.27. The smallest absolute Gasteiger partial charge is 0.313 e. The fourth-order valence-electron chi connectivity index (χ4n) is 2.29. The van der Waals surface area contributed by atoms with E-state index in [-0.39, 0.29) is 5.75 Å². The van der Waals surface area contributed by atoms with Gasteiger partial charge in [0.25, 0.3) is 0 Å². The van der Waals surface area contributed by atoms with E-state index in [2.05, 4.69) is 4.98 Å². The number of carboxylic acids is 1. The molecule has 2 heterocycles. The highest BCUT2D eigenvalue weighted by atomic mass is 32.2. The first-order valence-electron chi connectivity index (χ1n) is 6.48. The second kappa shape index (κ2) is 5.65. The van der Waals surface area contributed by atoms with Gasteiger partial charge in [-0.25, -0.2) is 4.98 Å². The minimum atomic E-state index is -0.853. The Morgan fingerprint density at radius 1 is 1.38 bits per heavy atom. The predicted octanol–water partition coefficient (Wildman–Crippen LogP) is 3.16. The van der Waals surface area contributed by atoms with E-state index in [1.54, 1.807) is 6.26 Å². The maximum Gasteiger partial charge on any atom is 0.313 e. The zero-order valence-corrected chi connectivity index (χ0v) is 12.3. The molecule has 0 aliphatic carbocycles. The van der Waals surface area contributed by atoms with Crippen molar-refractivity contribution in [3.05, 3.63) is 47.9 Å². The Kier molecular flexibility index (Phi) is 3.70. The Labute approximate surface area is 125 Å². The van der Waals surface area contributed by atoms with Crippen molar-refractivity contribution in [1.82, 2.24) is 9.55 Å². The summed E-state index contributed by atoms with van der Waals surface area (Å²) in [5.74, 6) is -0.0522. The van der Waals surface area contributed by atoms with Crippen LogP contribution >= 0.6 is 11.8 Å². The molecule has 0 amide bonds. The van der Waals surface area contributed by atoms with Crippen molar-refractivity contribution in [3.63, 3.8) is 0 Å². The molecule has 2 aromatic heterocycles. The molecule has 0 saturated carbocycles. The molecular weight excluding hydrogens is 288 g/mol. The number of hydrogen-bond acceptors (Lipinski definition) is 4. The number of hydrogen-bond donors (Lipinski definition) is 1. The Balaban J connectivity index is 2.07. The van der Waals surface area contributed by atoms with Gasteiger partial charge < -0.3 is 14.1 Å². The van der Waals surface area contributed by atoms with Crippen LogP contribution in [0.15, 0.2) is 46.2 Å². The lowest BCUT2D eigenvalue weighted by molar-refractivity contribution is -0.133. The molecule has 0 radical (unpaired) electrons. The second-order valence-corrected chi connectivity index (χ2v) is 5.63. The summed E-state index contributed by atoms with van der Waals surface area (Å²) in [6.45, 7) is 2.56. The van der Waals surface area contributed by atoms with E-state index >= 15 is 0 Å². The second-order valence-electron chi connectivity index (χ2n) is 4.68. The van der Waals surface area contributed by atoms with Crippen LogP contribution in [0.25, 0.3) is 11.0 Å². The van der Waals surface area contributed by atoms with Gasteiger partial charge in [0.05, 0.1) is 29.6 Å². The third-order valence-electron chi connectivity index (χ3n) is 3.15. The van der Waals surface area contributed by atoms with Crippen molar-refractivity contribution in [1.29, 1.82) is 0 Å². The molecule has 108 valence electrons. The fraction of sp³-hybridized carbons (Fsp3) is 0.200. The minimum Gasteiger partial charge on any atom is -0.481 e. The molecule has 1 aromatic carbocycles. The molecule has 21 heavy (non-hydrogen) atoms. The number of fused-ring (bicyclic) bond motifs is 1. The summed E-state index contributed by atoms with van der Waals surface area (Å²) in [7, 11) is 0. The summed E-state index contributed by atoms with van der Waals surface area (Å²) in [6.07, 6.45) is 1.63. The van der Waals surface area contributed by atoms with E-state index in [9.17, 15) is 4.79 Å². The number of thioether (sulfide) groups is 1. The van der Waals surface area contributed by atoms with Crippen molar-refractivity contribution in [2.24, 2.45) is 0 Å². The lowest BCUT2D eigenvalue weighted by Gasteiger charge is -2.07. The number of aliphatic carboxylic acids is 1. The van der Waals surface area contributed by atoms with Gasteiger partial charge in [-0.15, -0.1) is 0 Å². The van der Waals surface area contributed by atoms with Crippen LogP contribution in [-0.4, -0.2) is 26.4 Å². The molecule has 0 spiro atoms. The van der Waals surface area contributed by atoms with E-state index in [0.717, 1.165) is 22.4 Å². The molecule has 0 fully saturated rings. The van der Waals surface area contributed by atoms with Gasteiger partial charge >= 0.3 is 5.97 Å². The van der Waals surface area contributed by atoms with Gasteiger partial charge in [-0.1, -0.05) is 23.9 Å². The van der Waals surface area contributed by atoms with Crippen LogP contribution in [-0.2, 0) is 11.3 Å². The quantitative estimate of drug-likeness (QED) is 0.733. The summed E-state index contributed by atoms with van der Waals surface area (Å²) in [5, 5.41) is 9.57. The molecule has 0 bridgehead atoms. The normalized spacial score (nSPS) is 11.1. The number of para-hydroxylation sites is 1. The van der Waals surface area contributed by atoms with Gasteiger partial charge in [-0.05, 0) is 30.7 Å². The maximum absolute atomic E-state index is 10.8. The maximum atomic E-state index is 10.8. The Morgan fingerprint density at radius 2 is 2.24 bits per heavy atom. The lowest BCUT2D eigenvalue weighted by Crippen LogP contribution is -2.04. The van der Waals surface area contributed by atoms with Crippen molar-refractivity contribution in [3.8, 4) is 0 Å². The monoisotopic (exact) mass is 302 g/mol. The lowest BCUT2D eigenvalue weighted by atomic mass is 10.2. The van der Waals surface area contributed by atoms with Gasteiger partial charge in [-0.2, -0.15) is 0 Å². The van der Waals surface area contributed by atoms with Crippen LogP contribution in [0.1, 0.15) is 11.3 Å². The third kappa shape index (κ3) is 2.80. The molecule has 5 nitrogen and oxygen atoms in total. The van der Waals surface area contributed by atoms with Crippen LogP contribution in [0.5, 0.6) is 0 Å². The van der Waals surface area contributed by atoms with E-state index in [1.807, 2.05) is 41.8 Å². The first kappa shape index (κ1) is 13.8. The van der Waals surface area contributed by atoms with Gasteiger partial charge in [0, 0.05) is 0 Å². The van der Waals surface area contributed by atoms with Crippen LogP contribution in [0.2, 0.25) is 0 Å². The first-order valence-corrected chi connectivity index (χ1v) is 7.46. The summed E-state index contributed by atoms with van der Waals surface area (Å²) in [4.78, 5) is 15.4. The molecule has 6 heteroatoms. The SMILES string of the molecule is Cc1cccc2nc(SCC(=O)O)n(Cc3ccco3)c12. The first-order chi connectivity index (χ1) is 10.1. The number of aromatic nitrogens is 2. The number of nitrogens with zero attached hydrogens (tertiary/aromatic N) is 2. The van der Waals surface area contributed by atoms with E-state index in [4.69, 9.17) is 9.52 Å². The molecule has 0 aliphatic heterocycles. The zero-order valence-electron chi connectivity index (χ0n) is 11.4. The molecule has 0 unspecified atom stereocenters. The minimum absolute atomic E-state index is 0.0134. The molecule has 0 aliphatic rings. The van der Waals surface area contributed by atoms with Crippen LogP contribution < -0.4 is 0 Å². The van der Waals surface area contributed by atoms with Gasteiger partial charge in [0.1, 0.15) is 5.76 Å². The summed E-state index contributed by atoms with van der Waals surface area (Å²) in [5.41, 5.74) is 2.99. The van der Waals surface area contributed by atoms with Crippen molar-refractivity contribution in [2.45, 2.75) is 18.6 Å². The number of rotatable bonds is 5. The number of benzene rings is 1. The molecule has 3 aromatic rings. The van der Waals surface area contributed by atoms with Crippen molar-refractivity contribution in [2.75, 3.05) is 5.75 Å². The van der Waals surface area contributed by atoms with E-state index in [1.165, 1.54) is 11.8 Å². The van der Waals surface area contributed by atoms with Crippen LogP contribution in [0.4, 0.5) is 0 Å². The van der Waals surface area contributed by atoms with Gasteiger partial charge in [0.2, 0.25) is 0 Å². The number of furan rings is 1. The largest absolute Gasteiger partial charge is 0.481 e. The highest BCUT2D eigenvalue weighted by molar-refractivity contribution is 7.99. The molecule has 0 atom stereocenters. The molecule has 1 N–H and O–H groups in total. The molecule has 3 rings (SSSR count). The average Bonchev–Trinajstić information content (AvgIpc) is 3.06. The van der Waals surface area contributed by atoms with Gasteiger partial charge in [0.15, 0.2) is 5.16 Å². The zero-order chi connectivity index (χ0) is 14.8. The molecule has 0 saturated heterocycles. The number of aryl methyl sites for hydroxylation is 1. The summed E-state index contributed by atoms with van der Waals surface area (Å²) >= 11 is 1.22. The van der Waals surface area contributed by atoms with E-state index < -0.39 is 5.97 Å². The Bertz CT molecular complexity index is 778. The topological polar surface area (TPSA) is 68.3 Å². The van der Waals surface area contributed by atoms with Crippen molar-refractivity contribution >= 4 is 28.8 Å². The summed E-state index contributed by atoms with van der Waals surface area (Å²) < 4.78 is 7.41. The highest BCUT2D eigenvalue weighted by Gasteiger charge is 2.15. The average molecular weight is 302 g/mol. The third-order valence-corrected chi connectivity index (χ3v) is 4.11. The van der Waals surface area contributed by atoms with Crippen LogP contribution in [0.3, 0.4) is 0 Å².